The van der Waals surface area contributed by atoms with Crippen molar-refractivity contribution in [2.75, 3.05) is 0 Å². The minimum Gasteiger partial charge on any atom is -1.00 e. The molecule has 116 valence electrons. The lowest BCUT2D eigenvalue weighted by Crippen LogP contribution is -3.00. The molecule has 0 unspecified atom stereocenters. The first-order valence-corrected chi connectivity index (χ1v) is 7.15. The Balaban J connectivity index is 0.00000176. The van der Waals surface area contributed by atoms with Crippen LogP contribution in [0.15, 0.2) is 48.8 Å². The molecule has 2 nitrogen and oxygen atoms in total. The number of aryl methyl sites for hydroxylation is 1. The zero-order chi connectivity index (χ0) is 14.8. The number of hydrogen-bond acceptors (Lipinski definition) is 0. The van der Waals surface area contributed by atoms with Crippen molar-refractivity contribution in [2.45, 2.75) is 26.3 Å². The fraction of sp³-hybridized carbons (Fsp3) is 0.235. The van der Waals surface area contributed by atoms with Gasteiger partial charge in [-0.3, -0.25) is 0 Å². The summed E-state index contributed by atoms with van der Waals surface area (Å²) in [5.41, 5.74) is 2.33. The third kappa shape index (κ3) is 3.14. The van der Waals surface area contributed by atoms with E-state index in [9.17, 15) is 8.78 Å². The number of rotatable bonds is 4. The molecule has 0 bridgehead atoms. The molecule has 0 aliphatic rings. The molecule has 0 radical (unpaired) electrons. The molecule has 1 heterocycles. The molecular weight excluding hydrogens is 397 g/mol. The van der Waals surface area contributed by atoms with Gasteiger partial charge in [0.2, 0.25) is 6.33 Å². The van der Waals surface area contributed by atoms with E-state index in [-0.39, 0.29) is 24.0 Å². The van der Waals surface area contributed by atoms with Crippen LogP contribution in [0.1, 0.15) is 19.8 Å². The summed E-state index contributed by atoms with van der Waals surface area (Å²) in [7, 11) is 0. The van der Waals surface area contributed by atoms with Gasteiger partial charge in [-0.25, -0.2) is 13.3 Å². The zero-order valence-corrected chi connectivity index (χ0v) is 14.4. The van der Waals surface area contributed by atoms with Gasteiger partial charge in [0, 0.05) is 6.07 Å². The molecule has 0 N–H and O–H groups in total. The van der Waals surface area contributed by atoms with E-state index in [0.717, 1.165) is 36.5 Å². The monoisotopic (exact) mass is 414 g/mol. The molecule has 0 aliphatic heterocycles. The molecule has 0 fully saturated rings. The van der Waals surface area contributed by atoms with Gasteiger partial charge in [0.05, 0.1) is 6.54 Å². The Hall–Kier alpha value is -1.50. The van der Waals surface area contributed by atoms with E-state index in [1.807, 2.05) is 30.6 Å². The maximum atomic E-state index is 14.1. The standard InChI is InChI=1S/C17H17F2N2.HI/c1-2-3-10-20-12-21(17-7-5-4-6-16(17)20)15-9-8-13(18)11-14(15)19;/h4-9,11-12H,2-3,10H2,1H3;1H/q+1;/p-1. The average molecular weight is 414 g/mol. The summed E-state index contributed by atoms with van der Waals surface area (Å²) >= 11 is 0. The molecule has 2 aromatic carbocycles. The molecule has 0 atom stereocenters. The lowest BCUT2D eigenvalue weighted by molar-refractivity contribution is -0.672. The lowest BCUT2D eigenvalue weighted by atomic mass is 10.2. The van der Waals surface area contributed by atoms with Crippen LogP contribution in [0.25, 0.3) is 16.7 Å². The maximum Gasteiger partial charge on any atom is 0.250 e. The first-order valence-electron chi connectivity index (χ1n) is 7.15. The number of imidazole rings is 1. The Bertz CT molecular complexity index is 783. The van der Waals surface area contributed by atoms with E-state index in [1.165, 1.54) is 12.1 Å². The molecule has 3 aromatic rings. The predicted octanol–water partition coefficient (Wildman–Crippen LogP) is 1.00. The second kappa shape index (κ2) is 7.17. The zero-order valence-electron chi connectivity index (χ0n) is 12.3. The number of aromatic nitrogens is 2. The van der Waals surface area contributed by atoms with E-state index >= 15 is 0 Å². The number of nitrogens with zero attached hydrogens (tertiary/aromatic N) is 2. The number of benzene rings is 2. The van der Waals surface area contributed by atoms with Crippen molar-refractivity contribution in [1.29, 1.82) is 0 Å². The number of fused-ring (bicyclic) bond motifs is 1. The fourth-order valence-corrected chi connectivity index (χ4v) is 2.55. The minimum atomic E-state index is -0.563. The number of hydrogen-bond donors (Lipinski definition) is 0. The molecule has 3 rings (SSSR count). The summed E-state index contributed by atoms with van der Waals surface area (Å²) in [6, 6.07) is 11.5. The molecule has 1 aromatic heterocycles. The van der Waals surface area contributed by atoms with Gasteiger partial charge in [0.1, 0.15) is 5.82 Å². The third-order valence-electron chi connectivity index (χ3n) is 3.63. The van der Waals surface area contributed by atoms with Crippen molar-refractivity contribution < 1.29 is 37.3 Å². The van der Waals surface area contributed by atoms with Gasteiger partial charge in [0.15, 0.2) is 22.5 Å². The molecule has 0 saturated carbocycles. The molecule has 5 heteroatoms. The van der Waals surface area contributed by atoms with E-state index in [0.29, 0.717) is 5.69 Å². The number of unbranched alkanes of at least 4 members (excludes halogenated alkanes) is 1. The number of para-hydroxylation sites is 2. The highest BCUT2D eigenvalue weighted by Gasteiger charge is 2.19. The van der Waals surface area contributed by atoms with E-state index < -0.39 is 11.6 Å². The van der Waals surface area contributed by atoms with Crippen molar-refractivity contribution in [2.24, 2.45) is 0 Å². The molecule has 0 spiro atoms. The largest absolute Gasteiger partial charge is 1.00 e. The third-order valence-corrected chi connectivity index (χ3v) is 3.63. The molecule has 0 aliphatic carbocycles. The van der Waals surface area contributed by atoms with Crippen molar-refractivity contribution in [3.8, 4) is 5.69 Å². The van der Waals surface area contributed by atoms with Gasteiger partial charge < -0.3 is 24.0 Å². The second-order valence-electron chi connectivity index (χ2n) is 5.12. The fourth-order valence-electron chi connectivity index (χ4n) is 2.55. The van der Waals surface area contributed by atoms with E-state index in [4.69, 9.17) is 0 Å². The van der Waals surface area contributed by atoms with Crippen LogP contribution in [0.4, 0.5) is 8.78 Å². The van der Waals surface area contributed by atoms with Crippen molar-refractivity contribution in [3.05, 3.63) is 60.4 Å². The van der Waals surface area contributed by atoms with Gasteiger partial charge in [-0.1, -0.05) is 25.5 Å². The molecule has 0 amide bonds. The Labute approximate surface area is 145 Å². The SMILES string of the molecule is CCCC[n+]1cn(-c2ccc(F)cc2F)c2ccccc21.[I-]. The van der Waals surface area contributed by atoms with Crippen LogP contribution in [0.2, 0.25) is 0 Å². The van der Waals surface area contributed by atoms with Crippen molar-refractivity contribution >= 4 is 11.0 Å². The van der Waals surface area contributed by atoms with E-state index in [2.05, 4.69) is 11.5 Å². The Morgan fingerprint density at radius 1 is 1.09 bits per heavy atom. The van der Waals surface area contributed by atoms with Crippen LogP contribution in [0.3, 0.4) is 0 Å². The molecular formula is C17H17F2IN2. The topological polar surface area (TPSA) is 8.81 Å². The van der Waals surface area contributed by atoms with Crippen LogP contribution in [0.5, 0.6) is 0 Å². The first-order chi connectivity index (χ1) is 10.2. The van der Waals surface area contributed by atoms with Crippen molar-refractivity contribution in [1.82, 2.24) is 4.57 Å². The summed E-state index contributed by atoms with van der Waals surface area (Å²) < 4.78 is 31.0. The van der Waals surface area contributed by atoms with Crippen LogP contribution in [-0.4, -0.2) is 4.57 Å². The van der Waals surface area contributed by atoms with Crippen LogP contribution < -0.4 is 28.5 Å². The van der Waals surface area contributed by atoms with Gasteiger partial charge in [-0.2, -0.15) is 4.57 Å². The highest BCUT2D eigenvalue weighted by Crippen LogP contribution is 2.20. The summed E-state index contributed by atoms with van der Waals surface area (Å²) in [5.74, 6) is -1.12. The predicted molar refractivity (Wildman–Crippen MR) is 78.3 cm³/mol. The quantitative estimate of drug-likeness (QED) is 0.445. The van der Waals surface area contributed by atoms with E-state index in [1.54, 1.807) is 4.57 Å². The minimum absolute atomic E-state index is 0. The highest BCUT2D eigenvalue weighted by molar-refractivity contribution is 5.74. The van der Waals surface area contributed by atoms with Crippen molar-refractivity contribution in [3.63, 3.8) is 0 Å². The molecule has 22 heavy (non-hydrogen) atoms. The second-order valence-corrected chi connectivity index (χ2v) is 5.12. The van der Waals surface area contributed by atoms with Gasteiger partial charge >= 0.3 is 0 Å². The van der Waals surface area contributed by atoms with Gasteiger partial charge in [-0.05, 0) is 30.7 Å². The first kappa shape index (κ1) is 16.9. The van der Waals surface area contributed by atoms with Crippen LogP contribution in [-0.2, 0) is 6.54 Å². The Kier molecular flexibility index (Phi) is 5.50. The summed E-state index contributed by atoms with van der Waals surface area (Å²) in [4.78, 5) is 0. The highest BCUT2D eigenvalue weighted by atomic mass is 127. The maximum absolute atomic E-state index is 14.1. The summed E-state index contributed by atoms with van der Waals surface area (Å²) in [6.45, 7) is 3.02. The molecule has 0 saturated heterocycles. The van der Waals surface area contributed by atoms with Crippen LogP contribution in [0, 0.1) is 11.6 Å². The van der Waals surface area contributed by atoms with Gasteiger partial charge in [-0.15, -0.1) is 0 Å². The average Bonchev–Trinajstić information content (AvgIpc) is 2.84. The number of halogens is 3. The Morgan fingerprint density at radius 2 is 1.86 bits per heavy atom. The Morgan fingerprint density at radius 3 is 2.59 bits per heavy atom. The summed E-state index contributed by atoms with van der Waals surface area (Å²) in [6.07, 6.45) is 4.04. The lowest BCUT2D eigenvalue weighted by Gasteiger charge is -1.99. The van der Waals surface area contributed by atoms with Crippen LogP contribution >= 0.6 is 0 Å². The van der Waals surface area contributed by atoms with Gasteiger partial charge in [0.25, 0.3) is 0 Å². The normalized spacial score (nSPS) is 10.7. The summed E-state index contributed by atoms with van der Waals surface area (Å²) in [5, 5.41) is 0. The smallest absolute Gasteiger partial charge is 0.250 e.